The van der Waals surface area contributed by atoms with Gasteiger partial charge in [-0.15, -0.1) is 6.58 Å². The Kier molecular flexibility index (Phi) is 8.54. The minimum atomic E-state index is -0.503. The molecule has 0 saturated carbocycles. The summed E-state index contributed by atoms with van der Waals surface area (Å²) in [7, 11) is 0. The fourth-order valence-electron chi connectivity index (χ4n) is 2.96. The smallest absolute Gasteiger partial charge is 0.287 e. The number of hydrogen-bond acceptors (Lipinski definition) is 7. The van der Waals surface area contributed by atoms with Gasteiger partial charge >= 0.3 is 0 Å². The van der Waals surface area contributed by atoms with Crippen LogP contribution in [0.25, 0.3) is 0 Å². The van der Waals surface area contributed by atoms with Crippen LogP contribution in [0.5, 0.6) is 11.5 Å². The van der Waals surface area contributed by atoms with E-state index in [1.54, 1.807) is 12.3 Å². The minimum absolute atomic E-state index is 0.0846. The highest BCUT2D eigenvalue weighted by atomic mass is 79.9. The molecule has 0 spiro atoms. The lowest BCUT2D eigenvalue weighted by Crippen LogP contribution is -2.04. The highest BCUT2D eigenvalue weighted by molar-refractivity contribution is 9.10. The Morgan fingerprint density at radius 2 is 2.00 bits per heavy atom. The van der Waals surface area contributed by atoms with E-state index in [-0.39, 0.29) is 5.69 Å². The van der Waals surface area contributed by atoms with Gasteiger partial charge in [-0.2, -0.15) is 5.10 Å². The van der Waals surface area contributed by atoms with Crippen LogP contribution in [0, 0.1) is 10.1 Å². The first-order valence-corrected chi connectivity index (χ1v) is 11.0. The number of anilines is 1. The van der Waals surface area contributed by atoms with Crippen molar-refractivity contribution in [3.63, 3.8) is 0 Å². The number of nitrogens with one attached hydrogen (secondary N) is 1. The van der Waals surface area contributed by atoms with Crippen molar-refractivity contribution in [2.75, 3.05) is 12.0 Å². The molecule has 1 aromatic heterocycles. The molecule has 0 atom stereocenters. The van der Waals surface area contributed by atoms with E-state index >= 15 is 0 Å². The molecule has 0 fully saturated rings. The maximum atomic E-state index is 10.7. The number of halogens is 1. The van der Waals surface area contributed by atoms with Gasteiger partial charge in [0, 0.05) is 16.1 Å². The molecule has 3 rings (SSSR count). The number of allylic oxidation sites excluding steroid dienone is 1. The third kappa shape index (κ3) is 6.88. The Morgan fingerprint density at radius 1 is 1.21 bits per heavy atom. The second-order valence-electron chi connectivity index (χ2n) is 6.88. The summed E-state index contributed by atoms with van der Waals surface area (Å²) in [5.74, 6) is 1.67. The molecule has 0 aliphatic carbocycles. The normalized spacial score (nSPS) is 10.7. The number of nitro groups is 1. The van der Waals surface area contributed by atoms with Crippen LogP contribution in [0.3, 0.4) is 0 Å². The van der Waals surface area contributed by atoms with Crippen LogP contribution in [-0.2, 0) is 13.0 Å². The molecule has 2 aromatic carbocycles. The quantitative estimate of drug-likeness (QED) is 0.149. The maximum Gasteiger partial charge on any atom is 0.287 e. The van der Waals surface area contributed by atoms with E-state index < -0.39 is 4.92 Å². The van der Waals surface area contributed by atoms with Crippen LogP contribution in [0.4, 0.5) is 11.5 Å². The topological polar surface area (TPSA) is 98.9 Å². The molecule has 33 heavy (non-hydrogen) atoms. The van der Waals surface area contributed by atoms with Gasteiger partial charge in [0.05, 0.1) is 17.7 Å². The zero-order valence-corrected chi connectivity index (χ0v) is 19.6. The molecule has 9 heteroatoms. The molecule has 170 valence electrons. The van der Waals surface area contributed by atoms with Crippen molar-refractivity contribution >= 4 is 33.6 Å². The second-order valence-corrected chi connectivity index (χ2v) is 7.79. The van der Waals surface area contributed by atoms with E-state index in [1.807, 2.05) is 43.3 Å². The van der Waals surface area contributed by atoms with Gasteiger partial charge < -0.3 is 9.47 Å². The molecule has 0 unspecified atom stereocenters. The van der Waals surface area contributed by atoms with E-state index in [1.165, 1.54) is 18.3 Å². The monoisotopic (exact) mass is 510 g/mol. The predicted octanol–water partition coefficient (Wildman–Crippen LogP) is 5.90. The molecule has 0 aliphatic heterocycles. The Labute approximate surface area is 200 Å². The van der Waals surface area contributed by atoms with Crippen molar-refractivity contribution in [2.45, 2.75) is 20.0 Å². The molecule has 1 N–H and O–H groups in total. The molecule has 1 heterocycles. The number of aromatic nitrogens is 1. The summed E-state index contributed by atoms with van der Waals surface area (Å²) in [5.41, 5.74) is 5.43. The lowest BCUT2D eigenvalue weighted by Gasteiger charge is -2.17. The summed E-state index contributed by atoms with van der Waals surface area (Å²) in [4.78, 5) is 14.2. The van der Waals surface area contributed by atoms with Gasteiger partial charge in [0.1, 0.15) is 18.6 Å². The Hall–Kier alpha value is -3.72. The molecular formula is C24H23BrN4O4. The minimum Gasteiger partial charge on any atom is -0.490 e. The number of rotatable bonds is 11. The largest absolute Gasteiger partial charge is 0.490 e. The summed E-state index contributed by atoms with van der Waals surface area (Å²) in [6.45, 7) is 6.64. The number of nitrogens with zero attached hydrogens (tertiary/aromatic N) is 3. The molecule has 0 amide bonds. The van der Waals surface area contributed by atoms with Gasteiger partial charge in [-0.25, -0.2) is 4.98 Å². The van der Waals surface area contributed by atoms with Crippen LogP contribution in [0.1, 0.15) is 23.6 Å². The van der Waals surface area contributed by atoms with Crippen LogP contribution < -0.4 is 14.9 Å². The van der Waals surface area contributed by atoms with Gasteiger partial charge in [-0.05, 0) is 54.8 Å². The predicted molar refractivity (Wildman–Crippen MR) is 132 cm³/mol. The molecule has 0 radical (unpaired) electrons. The number of ether oxygens (including phenoxy) is 2. The third-order valence-corrected chi connectivity index (χ3v) is 4.99. The van der Waals surface area contributed by atoms with E-state index in [0.29, 0.717) is 37.0 Å². The molecule has 0 saturated heterocycles. The SMILES string of the molecule is C=CCc1cc(/C=N/Nc2ccc([N+](=O)[O-])cn2)cc(OCC)c1OCc1ccc(Br)cc1. The summed E-state index contributed by atoms with van der Waals surface area (Å²) in [6, 6.07) is 14.6. The van der Waals surface area contributed by atoms with E-state index in [2.05, 4.69) is 38.0 Å². The van der Waals surface area contributed by atoms with Crippen molar-refractivity contribution < 1.29 is 14.4 Å². The lowest BCUT2D eigenvalue weighted by atomic mass is 10.1. The molecular weight excluding hydrogens is 488 g/mol. The molecule has 0 aliphatic rings. The Morgan fingerprint density at radius 3 is 2.64 bits per heavy atom. The zero-order chi connectivity index (χ0) is 23.6. The highest BCUT2D eigenvalue weighted by Crippen LogP contribution is 2.34. The van der Waals surface area contributed by atoms with Crippen molar-refractivity contribution in [3.8, 4) is 11.5 Å². The summed E-state index contributed by atoms with van der Waals surface area (Å²) in [5, 5.41) is 14.9. The summed E-state index contributed by atoms with van der Waals surface area (Å²) < 4.78 is 13.0. The van der Waals surface area contributed by atoms with Gasteiger partial charge in [-0.1, -0.05) is 34.1 Å². The Balaban J connectivity index is 1.80. The van der Waals surface area contributed by atoms with Crippen LogP contribution in [0.2, 0.25) is 0 Å². The average Bonchev–Trinajstić information content (AvgIpc) is 2.80. The van der Waals surface area contributed by atoms with Gasteiger partial charge in [0.2, 0.25) is 0 Å². The lowest BCUT2D eigenvalue weighted by molar-refractivity contribution is -0.385. The second kappa shape index (κ2) is 11.8. The van der Waals surface area contributed by atoms with Gasteiger partial charge in [0.25, 0.3) is 5.69 Å². The number of hydrogen-bond donors (Lipinski definition) is 1. The number of hydrazone groups is 1. The van der Waals surface area contributed by atoms with Gasteiger partial charge in [-0.3, -0.25) is 15.5 Å². The van der Waals surface area contributed by atoms with Crippen LogP contribution in [-0.4, -0.2) is 22.7 Å². The van der Waals surface area contributed by atoms with E-state index in [0.717, 1.165) is 21.2 Å². The Bertz CT molecular complexity index is 1130. The first kappa shape index (κ1) is 23.9. The first-order valence-electron chi connectivity index (χ1n) is 10.2. The van der Waals surface area contributed by atoms with E-state index in [4.69, 9.17) is 9.47 Å². The van der Waals surface area contributed by atoms with Crippen molar-refractivity contribution in [1.29, 1.82) is 0 Å². The average molecular weight is 511 g/mol. The van der Waals surface area contributed by atoms with Crippen LogP contribution in [0.15, 0.2) is 77.0 Å². The zero-order valence-electron chi connectivity index (χ0n) is 18.0. The number of benzene rings is 2. The summed E-state index contributed by atoms with van der Waals surface area (Å²) >= 11 is 3.44. The molecule has 8 nitrogen and oxygen atoms in total. The maximum absolute atomic E-state index is 10.7. The van der Waals surface area contributed by atoms with Crippen molar-refractivity contribution in [3.05, 3.63) is 98.7 Å². The number of pyridine rings is 1. The van der Waals surface area contributed by atoms with Crippen molar-refractivity contribution in [2.24, 2.45) is 5.10 Å². The first-order chi connectivity index (χ1) is 16.0. The molecule has 3 aromatic rings. The highest BCUT2D eigenvalue weighted by Gasteiger charge is 2.13. The third-order valence-electron chi connectivity index (χ3n) is 4.47. The van der Waals surface area contributed by atoms with Crippen molar-refractivity contribution in [1.82, 2.24) is 4.98 Å². The summed E-state index contributed by atoms with van der Waals surface area (Å²) in [6.07, 6.45) is 5.19. The van der Waals surface area contributed by atoms with Gasteiger partial charge in [0.15, 0.2) is 11.5 Å². The van der Waals surface area contributed by atoms with E-state index in [9.17, 15) is 10.1 Å². The fourth-order valence-corrected chi connectivity index (χ4v) is 3.23. The van der Waals surface area contributed by atoms with Crippen LogP contribution >= 0.6 is 15.9 Å². The molecule has 0 bridgehead atoms. The fraction of sp³-hybridized carbons (Fsp3) is 0.167. The standard InChI is InChI=1S/C24H23BrN4O4/c1-3-5-19-12-18(14-27-28-23-11-10-21(15-26-23)29(30)31)13-22(32-4-2)24(19)33-16-17-6-8-20(25)9-7-17/h3,6-15H,1,4-5,16H2,2H3,(H,26,28)/b27-14+.